The molecule has 76 valence electrons. The summed E-state index contributed by atoms with van der Waals surface area (Å²) in [4.78, 5) is 17.9. The van der Waals surface area contributed by atoms with Gasteiger partial charge in [0.15, 0.2) is 5.78 Å². The Labute approximate surface area is 87.8 Å². The topological polar surface area (TPSA) is 33.2 Å². The highest BCUT2D eigenvalue weighted by Crippen LogP contribution is 2.10. The third kappa shape index (κ3) is 2.39. The molecule has 1 aromatic heterocycles. The van der Waals surface area contributed by atoms with Crippen molar-refractivity contribution >= 4 is 17.1 Å². The average molecular weight is 210 g/mol. The van der Waals surface area contributed by atoms with Crippen LogP contribution in [0.25, 0.3) is 0 Å². The van der Waals surface area contributed by atoms with E-state index >= 15 is 0 Å². The monoisotopic (exact) mass is 210 g/mol. The van der Waals surface area contributed by atoms with Gasteiger partial charge in [0, 0.05) is 5.38 Å². The van der Waals surface area contributed by atoms with E-state index in [4.69, 9.17) is 0 Å². The van der Waals surface area contributed by atoms with Gasteiger partial charge in [-0.15, -0.1) is 11.3 Å². The van der Waals surface area contributed by atoms with Crippen molar-refractivity contribution in [1.29, 1.82) is 0 Å². The molecule has 0 saturated carbocycles. The first-order chi connectivity index (χ1) is 6.86. The summed E-state index contributed by atoms with van der Waals surface area (Å²) < 4.78 is 0. The van der Waals surface area contributed by atoms with Gasteiger partial charge >= 0.3 is 0 Å². The minimum Gasteiger partial charge on any atom is -0.296 e. The smallest absolute Gasteiger partial charge is 0.195 e. The maximum atomic E-state index is 11.7. The Morgan fingerprint density at radius 1 is 1.43 bits per heavy atom. The number of rotatable bonds is 3. The molecule has 14 heavy (non-hydrogen) atoms. The van der Waals surface area contributed by atoms with Gasteiger partial charge in [0.25, 0.3) is 0 Å². The molecule has 1 saturated heterocycles. The maximum absolute atomic E-state index is 11.7. The average Bonchev–Trinajstić information content (AvgIpc) is 2.72. The Hall–Kier alpha value is -0.740. The SMILES string of the molecule is O=C(CN1CCCCC1)c1cscn1. The molecule has 0 spiro atoms. The second-order valence-corrected chi connectivity index (χ2v) is 4.35. The van der Waals surface area contributed by atoms with Crippen LogP contribution in [0.1, 0.15) is 29.8 Å². The predicted octanol–water partition coefficient (Wildman–Crippen LogP) is 1.81. The number of hydrogen-bond acceptors (Lipinski definition) is 4. The third-order valence-corrected chi connectivity index (χ3v) is 3.12. The Morgan fingerprint density at radius 3 is 2.86 bits per heavy atom. The van der Waals surface area contributed by atoms with Crippen LogP contribution in [-0.4, -0.2) is 35.3 Å². The molecule has 2 heterocycles. The Morgan fingerprint density at radius 2 is 2.21 bits per heavy atom. The predicted molar refractivity (Wildman–Crippen MR) is 56.7 cm³/mol. The summed E-state index contributed by atoms with van der Waals surface area (Å²) in [6.07, 6.45) is 3.76. The largest absolute Gasteiger partial charge is 0.296 e. The second-order valence-electron chi connectivity index (χ2n) is 3.63. The highest BCUT2D eigenvalue weighted by molar-refractivity contribution is 7.07. The molecule has 3 nitrogen and oxygen atoms in total. The lowest BCUT2D eigenvalue weighted by Gasteiger charge is -2.25. The number of carbonyl (C=O) groups is 1. The summed E-state index contributed by atoms with van der Waals surface area (Å²) in [5.41, 5.74) is 2.34. The fourth-order valence-electron chi connectivity index (χ4n) is 1.75. The van der Waals surface area contributed by atoms with Crippen LogP contribution in [-0.2, 0) is 0 Å². The number of nitrogens with zero attached hydrogens (tertiary/aromatic N) is 2. The molecule has 0 unspecified atom stereocenters. The van der Waals surface area contributed by atoms with Gasteiger partial charge in [-0.3, -0.25) is 9.69 Å². The van der Waals surface area contributed by atoms with Crippen molar-refractivity contribution in [1.82, 2.24) is 9.88 Å². The molecule has 0 bridgehead atoms. The molecule has 4 heteroatoms. The molecule has 1 aliphatic rings. The molecule has 0 aromatic carbocycles. The van der Waals surface area contributed by atoms with Crippen LogP contribution < -0.4 is 0 Å². The van der Waals surface area contributed by atoms with Gasteiger partial charge in [-0.05, 0) is 25.9 Å². The summed E-state index contributed by atoms with van der Waals surface area (Å²) in [5.74, 6) is 0.160. The lowest BCUT2D eigenvalue weighted by molar-refractivity contribution is 0.0911. The number of hydrogen-bond donors (Lipinski definition) is 0. The molecule has 0 amide bonds. The van der Waals surface area contributed by atoms with E-state index in [9.17, 15) is 4.79 Å². The van der Waals surface area contributed by atoms with Crippen molar-refractivity contribution in [2.24, 2.45) is 0 Å². The van der Waals surface area contributed by atoms with E-state index in [2.05, 4.69) is 9.88 Å². The fourth-order valence-corrected chi connectivity index (χ4v) is 2.31. The molecule has 2 rings (SSSR count). The maximum Gasteiger partial charge on any atom is 0.195 e. The number of carbonyl (C=O) groups excluding carboxylic acids is 1. The number of ketones is 1. The highest BCUT2D eigenvalue weighted by atomic mass is 32.1. The van der Waals surface area contributed by atoms with Crippen LogP contribution in [0, 0.1) is 0 Å². The first-order valence-electron chi connectivity index (χ1n) is 5.00. The number of piperidine rings is 1. The summed E-state index contributed by atoms with van der Waals surface area (Å²) in [6.45, 7) is 2.68. The van der Waals surface area contributed by atoms with E-state index in [-0.39, 0.29) is 5.78 Å². The Kier molecular flexibility index (Phi) is 3.26. The van der Waals surface area contributed by atoms with Crippen molar-refractivity contribution in [3.8, 4) is 0 Å². The molecular formula is C10H14N2OS. The highest BCUT2D eigenvalue weighted by Gasteiger charge is 2.15. The number of likely N-dealkylation sites (tertiary alicyclic amines) is 1. The fraction of sp³-hybridized carbons (Fsp3) is 0.600. The van der Waals surface area contributed by atoms with Crippen LogP contribution in [0.15, 0.2) is 10.9 Å². The zero-order valence-corrected chi connectivity index (χ0v) is 8.92. The normalized spacial score (nSPS) is 18.3. The lowest BCUT2D eigenvalue weighted by Crippen LogP contribution is -2.34. The summed E-state index contributed by atoms with van der Waals surface area (Å²) in [5, 5.41) is 1.83. The van der Waals surface area contributed by atoms with Crippen molar-refractivity contribution in [2.45, 2.75) is 19.3 Å². The molecule has 1 aliphatic heterocycles. The Bertz CT molecular complexity index is 291. The minimum absolute atomic E-state index is 0.160. The lowest BCUT2D eigenvalue weighted by atomic mass is 10.1. The Balaban J connectivity index is 1.87. The van der Waals surface area contributed by atoms with Crippen LogP contribution in [0.2, 0.25) is 0 Å². The van der Waals surface area contributed by atoms with E-state index in [1.54, 1.807) is 5.51 Å². The first-order valence-corrected chi connectivity index (χ1v) is 5.94. The van der Waals surface area contributed by atoms with Crippen LogP contribution in [0.5, 0.6) is 0 Å². The van der Waals surface area contributed by atoms with Crippen LogP contribution >= 0.6 is 11.3 Å². The molecule has 1 fully saturated rings. The van der Waals surface area contributed by atoms with E-state index < -0.39 is 0 Å². The van der Waals surface area contributed by atoms with Gasteiger partial charge in [0.1, 0.15) is 5.69 Å². The number of thiazole rings is 1. The van der Waals surface area contributed by atoms with Crippen molar-refractivity contribution in [2.75, 3.05) is 19.6 Å². The van der Waals surface area contributed by atoms with Crippen molar-refractivity contribution in [3.05, 3.63) is 16.6 Å². The minimum atomic E-state index is 0.160. The van der Waals surface area contributed by atoms with Gasteiger partial charge in [-0.25, -0.2) is 4.98 Å². The van der Waals surface area contributed by atoms with Gasteiger partial charge < -0.3 is 0 Å². The van der Waals surface area contributed by atoms with Crippen LogP contribution in [0.3, 0.4) is 0 Å². The molecule has 0 atom stereocenters. The number of aromatic nitrogens is 1. The molecule has 0 radical (unpaired) electrons. The van der Waals surface area contributed by atoms with Crippen molar-refractivity contribution < 1.29 is 4.79 Å². The summed E-state index contributed by atoms with van der Waals surface area (Å²) in [6, 6.07) is 0. The van der Waals surface area contributed by atoms with E-state index in [1.165, 1.54) is 30.6 Å². The van der Waals surface area contributed by atoms with Gasteiger partial charge in [0.05, 0.1) is 12.1 Å². The molecular weight excluding hydrogens is 196 g/mol. The zero-order valence-electron chi connectivity index (χ0n) is 8.11. The zero-order chi connectivity index (χ0) is 9.80. The molecule has 1 aromatic rings. The van der Waals surface area contributed by atoms with Crippen molar-refractivity contribution in [3.63, 3.8) is 0 Å². The van der Waals surface area contributed by atoms with E-state index in [0.29, 0.717) is 12.2 Å². The third-order valence-electron chi connectivity index (χ3n) is 2.53. The van der Waals surface area contributed by atoms with Gasteiger partial charge in [-0.1, -0.05) is 6.42 Å². The van der Waals surface area contributed by atoms with Gasteiger partial charge in [-0.2, -0.15) is 0 Å². The second kappa shape index (κ2) is 4.66. The first kappa shape index (κ1) is 9.80. The quantitative estimate of drug-likeness (QED) is 0.713. The number of Topliss-reactive ketones (excluding diaryl/α,β-unsaturated/α-hetero) is 1. The summed E-state index contributed by atoms with van der Waals surface area (Å²) >= 11 is 1.48. The van der Waals surface area contributed by atoms with E-state index in [0.717, 1.165) is 13.1 Å². The van der Waals surface area contributed by atoms with E-state index in [1.807, 2.05) is 5.38 Å². The summed E-state index contributed by atoms with van der Waals surface area (Å²) in [7, 11) is 0. The standard InChI is InChI=1S/C10H14N2OS/c13-10(9-7-14-8-11-9)6-12-4-2-1-3-5-12/h7-8H,1-6H2. The molecule has 0 N–H and O–H groups in total. The van der Waals surface area contributed by atoms with Crippen LogP contribution in [0.4, 0.5) is 0 Å². The molecule has 0 aliphatic carbocycles. The van der Waals surface area contributed by atoms with Gasteiger partial charge in [0.2, 0.25) is 0 Å².